The fourth-order valence-electron chi connectivity index (χ4n) is 1.30. The van der Waals surface area contributed by atoms with Crippen molar-refractivity contribution < 1.29 is 0 Å². The van der Waals surface area contributed by atoms with Crippen LogP contribution in [0.3, 0.4) is 0 Å². The molecule has 0 atom stereocenters. The van der Waals surface area contributed by atoms with Gasteiger partial charge in [0.15, 0.2) is 0 Å². The quantitative estimate of drug-likeness (QED) is 0.788. The molecule has 1 heterocycles. The molecule has 0 amide bonds. The van der Waals surface area contributed by atoms with Gasteiger partial charge in [-0.05, 0) is 51.1 Å². The van der Waals surface area contributed by atoms with Crippen LogP contribution in [0.1, 0.15) is 5.56 Å². The molecule has 2 rings (SSSR count). The molecular weight excluding hydrogens is 329 g/mol. The minimum atomic E-state index is 0.640. The topological polar surface area (TPSA) is 12.0 Å². The molecule has 84 valence electrons. The van der Waals surface area contributed by atoms with Crippen LogP contribution >= 0.6 is 50.5 Å². The summed E-state index contributed by atoms with van der Waals surface area (Å²) in [5, 5.41) is 6.65. The fraction of sp³-hybridized carbons (Fsp3) is 0.0909. The largest absolute Gasteiger partial charge is 0.381 e. The molecule has 0 saturated carbocycles. The first-order chi connectivity index (χ1) is 7.63. The summed E-state index contributed by atoms with van der Waals surface area (Å²) in [4.78, 5) is 0. The highest BCUT2D eigenvalue weighted by molar-refractivity contribution is 9.11. The Labute approximate surface area is 117 Å². The standard InChI is InChI=1S/C11H8BrCl2NS/c12-11-1-7(6-16-11)5-15-10-3-8(13)2-9(14)4-10/h1-4,6,15H,5H2. The lowest BCUT2D eigenvalue weighted by Crippen LogP contribution is -1.97. The van der Waals surface area contributed by atoms with Crippen molar-refractivity contribution in [1.29, 1.82) is 0 Å². The second-order valence-corrected chi connectivity index (χ2v) is 6.43. The lowest BCUT2D eigenvalue weighted by atomic mass is 10.3. The molecule has 0 bridgehead atoms. The summed E-state index contributed by atoms with van der Waals surface area (Å²) in [7, 11) is 0. The molecule has 0 aliphatic carbocycles. The number of rotatable bonds is 3. The zero-order valence-electron chi connectivity index (χ0n) is 8.14. The number of benzene rings is 1. The average Bonchev–Trinajstić information content (AvgIpc) is 2.60. The SMILES string of the molecule is Clc1cc(Cl)cc(NCc2csc(Br)c2)c1. The van der Waals surface area contributed by atoms with Gasteiger partial charge in [-0.2, -0.15) is 0 Å². The van der Waals surface area contributed by atoms with Gasteiger partial charge in [0.25, 0.3) is 0 Å². The summed E-state index contributed by atoms with van der Waals surface area (Å²) < 4.78 is 1.13. The van der Waals surface area contributed by atoms with E-state index in [-0.39, 0.29) is 0 Å². The zero-order valence-corrected chi connectivity index (χ0v) is 12.1. The van der Waals surface area contributed by atoms with Crippen LogP contribution in [0.5, 0.6) is 0 Å². The van der Waals surface area contributed by atoms with Gasteiger partial charge in [-0.3, -0.25) is 0 Å². The van der Waals surface area contributed by atoms with Crippen LogP contribution in [0, 0.1) is 0 Å². The normalized spacial score (nSPS) is 10.4. The minimum Gasteiger partial charge on any atom is -0.381 e. The van der Waals surface area contributed by atoms with Crippen LogP contribution < -0.4 is 5.32 Å². The molecule has 0 fully saturated rings. The van der Waals surface area contributed by atoms with Gasteiger partial charge in [-0.1, -0.05) is 23.2 Å². The summed E-state index contributed by atoms with van der Waals surface area (Å²) >= 11 is 16.9. The van der Waals surface area contributed by atoms with E-state index in [0.29, 0.717) is 10.0 Å². The summed E-state index contributed by atoms with van der Waals surface area (Å²) in [5.74, 6) is 0. The maximum atomic E-state index is 5.91. The summed E-state index contributed by atoms with van der Waals surface area (Å²) in [6.07, 6.45) is 0. The molecule has 16 heavy (non-hydrogen) atoms. The van der Waals surface area contributed by atoms with Gasteiger partial charge in [-0.15, -0.1) is 11.3 Å². The second-order valence-electron chi connectivity index (χ2n) is 3.27. The van der Waals surface area contributed by atoms with Gasteiger partial charge in [0.1, 0.15) is 0 Å². The predicted octanol–water partition coefficient (Wildman–Crippen LogP) is 5.43. The van der Waals surface area contributed by atoms with Crippen LogP contribution in [0.25, 0.3) is 0 Å². The first-order valence-electron chi connectivity index (χ1n) is 4.56. The van der Waals surface area contributed by atoms with Gasteiger partial charge >= 0.3 is 0 Å². The number of nitrogens with one attached hydrogen (secondary N) is 1. The lowest BCUT2D eigenvalue weighted by Gasteiger charge is -2.06. The van der Waals surface area contributed by atoms with Crippen molar-refractivity contribution in [3.05, 3.63) is 49.0 Å². The van der Waals surface area contributed by atoms with Crippen LogP contribution in [0.2, 0.25) is 10.0 Å². The van der Waals surface area contributed by atoms with Crippen molar-refractivity contribution in [3.63, 3.8) is 0 Å². The van der Waals surface area contributed by atoms with Crippen LogP contribution in [0.4, 0.5) is 5.69 Å². The second kappa shape index (κ2) is 5.41. The lowest BCUT2D eigenvalue weighted by molar-refractivity contribution is 1.16. The van der Waals surface area contributed by atoms with E-state index >= 15 is 0 Å². The first-order valence-corrected chi connectivity index (χ1v) is 6.99. The Bertz CT molecular complexity index is 478. The molecule has 0 saturated heterocycles. The van der Waals surface area contributed by atoms with Gasteiger partial charge in [0.2, 0.25) is 0 Å². The highest BCUT2D eigenvalue weighted by Gasteiger charge is 2.00. The smallest absolute Gasteiger partial charge is 0.0701 e. The number of hydrogen-bond acceptors (Lipinski definition) is 2. The third kappa shape index (κ3) is 3.39. The third-order valence-electron chi connectivity index (χ3n) is 1.98. The Morgan fingerprint density at radius 2 is 1.81 bits per heavy atom. The summed E-state index contributed by atoms with van der Waals surface area (Å²) in [6.45, 7) is 0.763. The molecule has 0 aliphatic rings. The molecule has 1 nitrogen and oxygen atoms in total. The molecule has 1 N–H and O–H groups in total. The molecule has 0 spiro atoms. The number of anilines is 1. The van der Waals surface area contributed by atoms with Crippen molar-refractivity contribution in [1.82, 2.24) is 0 Å². The molecule has 5 heteroatoms. The number of thiophene rings is 1. The third-order valence-corrected chi connectivity index (χ3v) is 3.97. The molecule has 0 unspecified atom stereocenters. The highest BCUT2D eigenvalue weighted by Crippen LogP contribution is 2.24. The van der Waals surface area contributed by atoms with Crippen LogP contribution in [-0.4, -0.2) is 0 Å². The minimum absolute atomic E-state index is 0.640. The van der Waals surface area contributed by atoms with Gasteiger partial charge < -0.3 is 5.32 Å². The number of hydrogen-bond donors (Lipinski definition) is 1. The molecular formula is C11H8BrCl2NS. The van der Waals surface area contributed by atoms with Crippen molar-refractivity contribution in [2.24, 2.45) is 0 Å². The van der Waals surface area contributed by atoms with E-state index in [2.05, 4.69) is 32.7 Å². The summed E-state index contributed by atoms with van der Waals surface area (Å²) in [5.41, 5.74) is 2.16. The van der Waals surface area contributed by atoms with E-state index < -0.39 is 0 Å². The number of halogens is 3. The zero-order chi connectivity index (χ0) is 11.5. The van der Waals surface area contributed by atoms with Crippen LogP contribution in [0.15, 0.2) is 33.4 Å². The Kier molecular flexibility index (Phi) is 4.14. The van der Waals surface area contributed by atoms with Crippen molar-refractivity contribution in [2.75, 3.05) is 5.32 Å². The van der Waals surface area contributed by atoms with E-state index in [1.807, 2.05) is 12.1 Å². The van der Waals surface area contributed by atoms with E-state index in [0.717, 1.165) is 16.0 Å². The maximum Gasteiger partial charge on any atom is 0.0701 e. The van der Waals surface area contributed by atoms with Gasteiger partial charge in [-0.25, -0.2) is 0 Å². The van der Waals surface area contributed by atoms with Crippen molar-refractivity contribution >= 4 is 56.2 Å². The monoisotopic (exact) mass is 335 g/mol. The Hall–Kier alpha value is -0.220. The molecule has 1 aromatic heterocycles. The fourth-order valence-corrected chi connectivity index (χ4v) is 3.03. The van der Waals surface area contributed by atoms with E-state index in [1.54, 1.807) is 17.4 Å². The van der Waals surface area contributed by atoms with E-state index in [9.17, 15) is 0 Å². The Morgan fingerprint density at radius 1 is 1.12 bits per heavy atom. The van der Waals surface area contributed by atoms with Crippen LogP contribution in [-0.2, 0) is 6.54 Å². The average molecular weight is 337 g/mol. The molecule has 0 radical (unpaired) electrons. The van der Waals surface area contributed by atoms with E-state index in [1.165, 1.54) is 5.56 Å². The van der Waals surface area contributed by atoms with E-state index in [4.69, 9.17) is 23.2 Å². The van der Waals surface area contributed by atoms with Crippen molar-refractivity contribution in [2.45, 2.75) is 6.54 Å². The Balaban J connectivity index is 2.04. The predicted molar refractivity (Wildman–Crippen MR) is 75.8 cm³/mol. The molecule has 2 aromatic rings. The highest BCUT2D eigenvalue weighted by atomic mass is 79.9. The van der Waals surface area contributed by atoms with Crippen molar-refractivity contribution in [3.8, 4) is 0 Å². The Morgan fingerprint density at radius 3 is 2.38 bits per heavy atom. The van der Waals surface area contributed by atoms with Gasteiger partial charge in [0, 0.05) is 22.3 Å². The maximum absolute atomic E-state index is 5.91. The molecule has 1 aromatic carbocycles. The summed E-state index contributed by atoms with van der Waals surface area (Å²) in [6, 6.07) is 7.52. The first kappa shape index (κ1) is 12.2. The molecule has 0 aliphatic heterocycles. The van der Waals surface area contributed by atoms with Gasteiger partial charge in [0.05, 0.1) is 3.79 Å².